The van der Waals surface area contributed by atoms with Crippen molar-refractivity contribution in [3.8, 4) is 0 Å². The van der Waals surface area contributed by atoms with E-state index in [4.69, 9.17) is 4.74 Å². The van der Waals surface area contributed by atoms with Gasteiger partial charge in [-0.05, 0) is 25.2 Å². The van der Waals surface area contributed by atoms with Gasteiger partial charge in [0.25, 0.3) is 0 Å². The summed E-state index contributed by atoms with van der Waals surface area (Å²) >= 11 is 0. The molecule has 0 bridgehead atoms. The largest absolute Gasteiger partial charge is 0.461 e. The third-order valence-corrected chi connectivity index (χ3v) is 3.11. The van der Waals surface area contributed by atoms with Crippen LogP contribution < -0.4 is 0 Å². The summed E-state index contributed by atoms with van der Waals surface area (Å²) in [4.78, 5) is 22.9. The first kappa shape index (κ1) is 13.7. The van der Waals surface area contributed by atoms with E-state index < -0.39 is 0 Å². The van der Waals surface area contributed by atoms with E-state index in [-0.39, 0.29) is 24.3 Å². The summed E-state index contributed by atoms with van der Waals surface area (Å²) in [5.41, 5.74) is 0. The molecule has 0 aliphatic heterocycles. The fraction of sp³-hybridized carbons (Fsp3) is 0.571. The van der Waals surface area contributed by atoms with Gasteiger partial charge in [-0.2, -0.15) is 0 Å². The number of hydrogen-bond donors (Lipinski definition) is 0. The first-order chi connectivity index (χ1) is 8.17. The van der Waals surface area contributed by atoms with Crippen LogP contribution in [0.2, 0.25) is 0 Å². The van der Waals surface area contributed by atoms with Crippen LogP contribution in [-0.2, 0) is 14.3 Å². The highest BCUT2D eigenvalue weighted by Gasteiger charge is 2.33. The molecule has 1 rings (SSSR count). The number of hydrogen-bond acceptors (Lipinski definition) is 3. The molecule has 1 saturated carbocycles. The van der Waals surface area contributed by atoms with Crippen LogP contribution in [0.15, 0.2) is 24.8 Å². The second-order valence-electron chi connectivity index (χ2n) is 4.45. The Morgan fingerprint density at radius 1 is 1.47 bits per heavy atom. The predicted octanol–water partition coefficient (Wildman–Crippen LogP) is 2.67. The smallest absolute Gasteiger partial charge is 0.306 e. The quantitative estimate of drug-likeness (QED) is 0.526. The molecule has 1 aliphatic carbocycles. The molecule has 0 N–H and O–H groups in total. The molecule has 1 aliphatic rings. The van der Waals surface area contributed by atoms with Crippen LogP contribution in [-0.4, -0.2) is 18.4 Å². The standard InChI is InChI=1S/C14H20O3/c1-3-5-6-11-8-13(15)9-12(11)10-14(16)17-7-4-2/h3-5,11-12H,2,6-10H2,1H3/b5-3-. The molecule has 3 heteroatoms. The first-order valence-electron chi connectivity index (χ1n) is 6.06. The normalized spacial score (nSPS) is 24.2. The van der Waals surface area contributed by atoms with Gasteiger partial charge in [-0.1, -0.05) is 24.8 Å². The molecule has 0 aromatic heterocycles. The van der Waals surface area contributed by atoms with E-state index in [9.17, 15) is 9.59 Å². The van der Waals surface area contributed by atoms with Crippen molar-refractivity contribution in [1.29, 1.82) is 0 Å². The van der Waals surface area contributed by atoms with Gasteiger partial charge in [0, 0.05) is 19.3 Å². The molecular formula is C14H20O3. The summed E-state index contributed by atoms with van der Waals surface area (Å²) in [6, 6.07) is 0. The van der Waals surface area contributed by atoms with Gasteiger partial charge in [-0.3, -0.25) is 9.59 Å². The Kier molecular flexibility index (Phi) is 5.67. The Labute approximate surface area is 103 Å². The molecule has 0 heterocycles. The maximum Gasteiger partial charge on any atom is 0.306 e. The van der Waals surface area contributed by atoms with Gasteiger partial charge < -0.3 is 4.74 Å². The van der Waals surface area contributed by atoms with Gasteiger partial charge in [-0.25, -0.2) is 0 Å². The summed E-state index contributed by atoms with van der Waals surface area (Å²) in [6.45, 7) is 5.70. The second-order valence-corrected chi connectivity index (χ2v) is 4.45. The Bertz CT molecular complexity index is 317. The summed E-state index contributed by atoms with van der Waals surface area (Å²) in [6.07, 6.45) is 7.94. The van der Waals surface area contributed by atoms with Crippen LogP contribution in [0.25, 0.3) is 0 Å². The van der Waals surface area contributed by atoms with Crippen LogP contribution in [0.5, 0.6) is 0 Å². The SMILES string of the molecule is C=CCOC(=O)CC1CC(=O)CC1C/C=C\C. The molecule has 0 saturated heterocycles. The maximum atomic E-state index is 11.5. The molecule has 1 fully saturated rings. The van der Waals surface area contributed by atoms with Crippen molar-refractivity contribution >= 4 is 11.8 Å². The van der Waals surface area contributed by atoms with Gasteiger partial charge in [0.2, 0.25) is 0 Å². The van der Waals surface area contributed by atoms with Crippen molar-refractivity contribution in [3.63, 3.8) is 0 Å². The maximum absolute atomic E-state index is 11.5. The fourth-order valence-electron chi connectivity index (χ4n) is 2.25. The van der Waals surface area contributed by atoms with Crippen molar-refractivity contribution in [2.45, 2.75) is 32.6 Å². The van der Waals surface area contributed by atoms with Gasteiger partial charge in [-0.15, -0.1) is 0 Å². The lowest BCUT2D eigenvalue weighted by Gasteiger charge is -2.15. The minimum atomic E-state index is -0.227. The minimum Gasteiger partial charge on any atom is -0.461 e. The molecule has 0 aromatic rings. The van der Waals surface area contributed by atoms with Crippen LogP contribution in [0, 0.1) is 11.8 Å². The summed E-state index contributed by atoms with van der Waals surface area (Å²) in [7, 11) is 0. The molecule has 2 atom stereocenters. The van der Waals surface area contributed by atoms with E-state index in [0.29, 0.717) is 25.2 Å². The molecule has 0 amide bonds. The zero-order valence-corrected chi connectivity index (χ0v) is 10.4. The van der Waals surface area contributed by atoms with E-state index in [1.807, 2.05) is 13.0 Å². The summed E-state index contributed by atoms with van der Waals surface area (Å²) in [5.74, 6) is 0.488. The Morgan fingerprint density at radius 2 is 2.18 bits per heavy atom. The number of esters is 1. The first-order valence-corrected chi connectivity index (χ1v) is 6.06. The van der Waals surface area contributed by atoms with Gasteiger partial charge in [0.15, 0.2) is 0 Å². The van der Waals surface area contributed by atoms with Gasteiger partial charge in [0.05, 0.1) is 0 Å². The second kappa shape index (κ2) is 7.05. The Hall–Kier alpha value is -1.38. The zero-order chi connectivity index (χ0) is 12.7. The number of Topliss-reactive ketones (excluding diaryl/α,β-unsaturated/α-hetero) is 1. The number of ether oxygens (including phenoxy) is 1. The molecule has 0 radical (unpaired) electrons. The average Bonchev–Trinajstić information content (AvgIpc) is 2.64. The molecular weight excluding hydrogens is 216 g/mol. The van der Waals surface area contributed by atoms with E-state index in [1.165, 1.54) is 0 Å². The highest BCUT2D eigenvalue weighted by atomic mass is 16.5. The van der Waals surface area contributed by atoms with E-state index >= 15 is 0 Å². The summed E-state index contributed by atoms with van der Waals surface area (Å²) in [5, 5.41) is 0. The van der Waals surface area contributed by atoms with E-state index in [0.717, 1.165) is 6.42 Å². The number of allylic oxidation sites excluding steroid dienone is 2. The molecule has 0 spiro atoms. The number of ketones is 1. The lowest BCUT2D eigenvalue weighted by atomic mass is 9.90. The highest BCUT2D eigenvalue weighted by molar-refractivity contribution is 5.82. The topological polar surface area (TPSA) is 43.4 Å². The monoisotopic (exact) mass is 236 g/mol. The molecule has 3 nitrogen and oxygen atoms in total. The number of rotatable bonds is 6. The Morgan fingerprint density at radius 3 is 2.82 bits per heavy atom. The highest BCUT2D eigenvalue weighted by Crippen LogP contribution is 2.34. The molecule has 0 aromatic carbocycles. The van der Waals surface area contributed by atoms with Crippen molar-refractivity contribution < 1.29 is 14.3 Å². The van der Waals surface area contributed by atoms with E-state index in [2.05, 4.69) is 12.7 Å². The van der Waals surface area contributed by atoms with Crippen LogP contribution in [0.4, 0.5) is 0 Å². The van der Waals surface area contributed by atoms with Crippen LogP contribution in [0.3, 0.4) is 0 Å². The predicted molar refractivity (Wildman–Crippen MR) is 66.4 cm³/mol. The third-order valence-electron chi connectivity index (χ3n) is 3.11. The third kappa shape index (κ3) is 4.55. The van der Waals surface area contributed by atoms with Crippen LogP contribution >= 0.6 is 0 Å². The van der Waals surface area contributed by atoms with Gasteiger partial charge >= 0.3 is 5.97 Å². The van der Waals surface area contributed by atoms with Crippen molar-refractivity contribution in [1.82, 2.24) is 0 Å². The lowest BCUT2D eigenvalue weighted by Crippen LogP contribution is -2.15. The molecule has 17 heavy (non-hydrogen) atoms. The average molecular weight is 236 g/mol. The number of carbonyl (C=O) groups is 2. The van der Waals surface area contributed by atoms with E-state index in [1.54, 1.807) is 6.08 Å². The van der Waals surface area contributed by atoms with Crippen molar-refractivity contribution in [2.75, 3.05) is 6.61 Å². The summed E-state index contributed by atoms with van der Waals surface area (Å²) < 4.78 is 4.95. The van der Waals surface area contributed by atoms with Crippen molar-refractivity contribution in [3.05, 3.63) is 24.8 Å². The minimum absolute atomic E-state index is 0.149. The number of carbonyl (C=O) groups excluding carboxylic acids is 2. The fourth-order valence-corrected chi connectivity index (χ4v) is 2.25. The molecule has 94 valence electrons. The van der Waals surface area contributed by atoms with Crippen molar-refractivity contribution in [2.24, 2.45) is 11.8 Å². The molecule has 2 unspecified atom stereocenters. The van der Waals surface area contributed by atoms with Crippen LogP contribution in [0.1, 0.15) is 32.6 Å². The van der Waals surface area contributed by atoms with Gasteiger partial charge in [0.1, 0.15) is 12.4 Å². The Balaban J connectivity index is 2.46. The lowest BCUT2D eigenvalue weighted by molar-refractivity contribution is -0.143. The zero-order valence-electron chi connectivity index (χ0n) is 10.4.